The number of nitrogens with two attached hydrogens (primary N) is 1. The van der Waals surface area contributed by atoms with Gasteiger partial charge in [0.05, 0.1) is 11.5 Å². The van der Waals surface area contributed by atoms with Crippen LogP contribution in [0, 0.1) is 5.92 Å². The second-order valence-electron chi connectivity index (χ2n) is 4.69. The van der Waals surface area contributed by atoms with Crippen molar-refractivity contribution in [2.24, 2.45) is 11.7 Å². The summed E-state index contributed by atoms with van der Waals surface area (Å²) in [6.07, 6.45) is 0.956. The van der Waals surface area contributed by atoms with E-state index < -0.39 is 9.84 Å². The highest BCUT2D eigenvalue weighted by Crippen LogP contribution is 2.08. The second-order valence-corrected chi connectivity index (χ2v) is 6.99. The lowest BCUT2D eigenvalue weighted by Crippen LogP contribution is -2.42. The van der Waals surface area contributed by atoms with Crippen LogP contribution in [0.4, 0.5) is 0 Å². The summed E-state index contributed by atoms with van der Waals surface area (Å²) >= 11 is 0. The van der Waals surface area contributed by atoms with Gasteiger partial charge in [-0.15, -0.1) is 0 Å². The predicted octanol–water partition coefficient (Wildman–Crippen LogP) is 0.0902. The van der Waals surface area contributed by atoms with Crippen LogP contribution in [0.15, 0.2) is 0 Å². The first-order chi connectivity index (χ1) is 6.91. The topological polar surface area (TPSA) is 63.4 Å². The van der Waals surface area contributed by atoms with Crippen molar-refractivity contribution < 1.29 is 8.42 Å². The van der Waals surface area contributed by atoms with Crippen molar-refractivity contribution >= 4 is 9.84 Å². The fourth-order valence-electron chi connectivity index (χ4n) is 1.64. The van der Waals surface area contributed by atoms with E-state index in [1.807, 2.05) is 0 Å². The first kappa shape index (κ1) is 12.9. The molecule has 2 N–H and O–H groups in total. The van der Waals surface area contributed by atoms with Gasteiger partial charge in [-0.1, -0.05) is 13.8 Å². The molecule has 1 rings (SSSR count). The molecule has 5 heteroatoms. The second kappa shape index (κ2) is 5.27. The predicted molar refractivity (Wildman–Crippen MR) is 62.5 cm³/mol. The van der Waals surface area contributed by atoms with Gasteiger partial charge in [0, 0.05) is 19.1 Å². The van der Waals surface area contributed by atoms with Gasteiger partial charge in [-0.2, -0.15) is 0 Å². The molecule has 15 heavy (non-hydrogen) atoms. The van der Waals surface area contributed by atoms with Crippen molar-refractivity contribution in [1.82, 2.24) is 4.90 Å². The summed E-state index contributed by atoms with van der Waals surface area (Å²) in [5, 5.41) is 0. The molecule has 0 aliphatic carbocycles. The first-order valence-corrected chi connectivity index (χ1v) is 7.41. The van der Waals surface area contributed by atoms with Crippen LogP contribution in [0.2, 0.25) is 0 Å². The minimum atomic E-state index is -2.74. The maximum absolute atomic E-state index is 11.2. The molecule has 0 amide bonds. The van der Waals surface area contributed by atoms with Gasteiger partial charge in [0.15, 0.2) is 9.84 Å². The number of nitrogens with zero attached hydrogens (tertiary/aromatic N) is 1. The van der Waals surface area contributed by atoms with E-state index in [1.165, 1.54) is 0 Å². The molecular formula is C10H22N2O2S. The molecular weight excluding hydrogens is 212 g/mol. The van der Waals surface area contributed by atoms with Gasteiger partial charge in [0.2, 0.25) is 0 Å². The average Bonchev–Trinajstić information content (AvgIpc) is 2.15. The van der Waals surface area contributed by atoms with Crippen LogP contribution in [0.3, 0.4) is 0 Å². The summed E-state index contributed by atoms with van der Waals surface area (Å²) in [5.74, 6) is 1.12. The van der Waals surface area contributed by atoms with E-state index in [0.717, 1.165) is 13.0 Å². The Morgan fingerprint density at radius 2 is 1.80 bits per heavy atom. The van der Waals surface area contributed by atoms with Gasteiger partial charge in [0.25, 0.3) is 0 Å². The molecule has 90 valence electrons. The van der Waals surface area contributed by atoms with Crippen LogP contribution in [-0.4, -0.2) is 50.5 Å². The minimum absolute atomic E-state index is 0.225. The standard InChI is InChI=1S/C10H22N2O2S/c1-9(2)10(11)3-4-12-5-7-15(13,14)8-6-12/h9-10H,3-8,11H2,1-2H3. The number of sulfone groups is 1. The van der Waals surface area contributed by atoms with Crippen molar-refractivity contribution in [2.75, 3.05) is 31.1 Å². The lowest BCUT2D eigenvalue weighted by molar-refractivity contribution is 0.272. The Morgan fingerprint density at radius 3 is 2.27 bits per heavy atom. The van der Waals surface area contributed by atoms with Crippen molar-refractivity contribution in [2.45, 2.75) is 26.3 Å². The zero-order valence-corrected chi connectivity index (χ0v) is 10.5. The largest absolute Gasteiger partial charge is 0.327 e. The van der Waals surface area contributed by atoms with Crippen LogP contribution in [0.25, 0.3) is 0 Å². The Balaban J connectivity index is 2.25. The lowest BCUT2D eigenvalue weighted by atomic mass is 10.0. The lowest BCUT2D eigenvalue weighted by Gasteiger charge is -2.28. The fourth-order valence-corrected chi connectivity index (χ4v) is 2.92. The monoisotopic (exact) mass is 234 g/mol. The minimum Gasteiger partial charge on any atom is -0.327 e. The van der Waals surface area contributed by atoms with Gasteiger partial charge in [-0.25, -0.2) is 8.42 Å². The Bertz CT molecular complexity index is 274. The molecule has 1 aliphatic rings. The third-order valence-electron chi connectivity index (χ3n) is 3.07. The van der Waals surface area contributed by atoms with Gasteiger partial charge >= 0.3 is 0 Å². The zero-order chi connectivity index (χ0) is 11.5. The highest BCUT2D eigenvalue weighted by molar-refractivity contribution is 7.91. The molecule has 0 aromatic carbocycles. The molecule has 0 radical (unpaired) electrons. The molecule has 1 fully saturated rings. The molecule has 4 nitrogen and oxygen atoms in total. The zero-order valence-electron chi connectivity index (χ0n) is 9.65. The summed E-state index contributed by atoms with van der Waals surface area (Å²) in [6.45, 7) is 6.51. The van der Waals surface area contributed by atoms with E-state index in [0.29, 0.717) is 30.5 Å². The molecule has 1 unspecified atom stereocenters. The molecule has 0 bridgehead atoms. The Labute approximate surface area is 92.7 Å². The van der Waals surface area contributed by atoms with Crippen molar-refractivity contribution in [3.05, 3.63) is 0 Å². The van der Waals surface area contributed by atoms with Crippen LogP contribution >= 0.6 is 0 Å². The summed E-state index contributed by atoms with van der Waals surface area (Å²) in [5.41, 5.74) is 5.94. The van der Waals surface area contributed by atoms with Gasteiger partial charge in [-0.3, -0.25) is 0 Å². The third-order valence-corrected chi connectivity index (χ3v) is 4.68. The Hall–Kier alpha value is -0.130. The number of hydrogen-bond donors (Lipinski definition) is 1. The van der Waals surface area contributed by atoms with Gasteiger partial charge < -0.3 is 10.6 Å². The average molecular weight is 234 g/mol. The molecule has 0 aromatic rings. The molecule has 1 saturated heterocycles. The SMILES string of the molecule is CC(C)C(N)CCN1CCS(=O)(=O)CC1. The van der Waals surface area contributed by atoms with E-state index >= 15 is 0 Å². The highest BCUT2D eigenvalue weighted by Gasteiger charge is 2.21. The molecule has 0 spiro atoms. The molecule has 0 saturated carbocycles. The number of rotatable bonds is 4. The van der Waals surface area contributed by atoms with Crippen molar-refractivity contribution in [3.63, 3.8) is 0 Å². The van der Waals surface area contributed by atoms with Crippen LogP contribution in [-0.2, 0) is 9.84 Å². The van der Waals surface area contributed by atoms with E-state index in [1.54, 1.807) is 0 Å². The summed E-state index contributed by atoms with van der Waals surface area (Å²) in [6, 6.07) is 0.225. The highest BCUT2D eigenvalue weighted by atomic mass is 32.2. The van der Waals surface area contributed by atoms with Crippen LogP contribution < -0.4 is 5.73 Å². The molecule has 1 atom stereocenters. The van der Waals surface area contributed by atoms with Gasteiger partial charge in [0.1, 0.15) is 0 Å². The Morgan fingerprint density at radius 1 is 1.27 bits per heavy atom. The van der Waals surface area contributed by atoms with Crippen molar-refractivity contribution in [3.8, 4) is 0 Å². The fraction of sp³-hybridized carbons (Fsp3) is 1.00. The maximum Gasteiger partial charge on any atom is 0.152 e. The van der Waals surface area contributed by atoms with Crippen LogP contribution in [0.5, 0.6) is 0 Å². The summed E-state index contributed by atoms with van der Waals surface area (Å²) in [7, 11) is -2.74. The van der Waals surface area contributed by atoms with Gasteiger partial charge in [-0.05, 0) is 18.9 Å². The van der Waals surface area contributed by atoms with E-state index in [9.17, 15) is 8.42 Å². The van der Waals surface area contributed by atoms with E-state index in [2.05, 4.69) is 18.7 Å². The third kappa shape index (κ3) is 4.49. The first-order valence-electron chi connectivity index (χ1n) is 5.59. The summed E-state index contributed by atoms with van der Waals surface area (Å²) < 4.78 is 22.4. The molecule has 1 heterocycles. The molecule has 1 aliphatic heterocycles. The van der Waals surface area contributed by atoms with Crippen LogP contribution in [0.1, 0.15) is 20.3 Å². The van der Waals surface area contributed by atoms with Crippen molar-refractivity contribution in [1.29, 1.82) is 0 Å². The van der Waals surface area contributed by atoms with E-state index in [4.69, 9.17) is 5.73 Å². The summed E-state index contributed by atoms with van der Waals surface area (Å²) in [4.78, 5) is 2.20. The smallest absolute Gasteiger partial charge is 0.152 e. The normalized spacial score (nSPS) is 24.3. The molecule has 0 aromatic heterocycles. The maximum atomic E-state index is 11.2. The Kier molecular flexibility index (Phi) is 4.55. The van der Waals surface area contributed by atoms with E-state index in [-0.39, 0.29) is 6.04 Å². The number of hydrogen-bond acceptors (Lipinski definition) is 4. The quantitative estimate of drug-likeness (QED) is 0.749.